The lowest BCUT2D eigenvalue weighted by atomic mass is 9.76. The number of phenolic OH excluding ortho intramolecular Hbond substituents is 2. The molecular formula is C28H30N2O7Si. The van der Waals surface area contributed by atoms with Gasteiger partial charge in [0.1, 0.15) is 25.8 Å². The first-order valence-electron chi connectivity index (χ1n) is 12.4. The van der Waals surface area contributed by atoms with Gasteiger partial charge in [-0.15, -0.1) is 0 Å². The minimum absolute atomic E-state index is 0.0764. The standard InChI is InChI=1S/C28H30N2O7Si/c1-38(2)23-13-17(31)7-9-21(23)28(22-10-8-18(32)14-24(22)38)20-6-4-3-5-19(20)27(37)30(28)12-11-29(15-25(33)34)16-26(35)36/h3-10,13-14,27,31-32,37H,11-12,15-16H2,1-2H3,(H,33,34)(H,35,36). The molecule has 0 amide bonds. The summed E-state index contributed by atoms with van der Waals surface area (Å²) in [6, 6.07) is 18.1. The second-order valence-electron chi connectivity index (χ2n) is 10.4. The van der Waals surface area contributed by atoms with Gasteiger partial charge in [-0.2, -0.15) is 0 Å². The van der Waals surface area contributed by atoms with Crippen molar-refractivity contribution in [3.05, 3.63) is 82.9 Å². The molecule has 3 aromatic carbocycles. The number of fused-ring (bicyclic) bond motifs is 6. The van der Waals surface area contributed by atoms with E-state index < -0.39 is 44.9 Å². The molecule has 1 atom stereocenters. The molecule has 38 heavy (non-hydrogen) atoms. The van der Waals surface area contributed by atoms with Gasteiger partial charge in [-0.3, -0.25) is 19.4 Å². The third-order valence-corrected chi connectivity index (χ3v) is 11.4. The molecule has 0 aliphatic carbocycles. The zero-order valence-electron chi connectivity index (χ0n) is 21.1. The largest absolute Gasteiger partial charge is 0.508 e. The van der Waals surface area contributed by atoms with E-state index in [1.165, 1.54) is 4.90 Å². The molecule has 5 rings (SSSR count). The number of aliphatic carboxylic acids is 2. The lowest BCUT2D eigenvalue weighted by molar-refractivity contribution is -0.142. The summed E-state index contributed by atoms with van der Waals surface area (Å²) in [6.07, 6.45) is -1.06. The van der Waals surface area contributed by atoms with E-state index in [-0.39, 0.29) is 24.6 Å². The van der Waals surface area contributed by atoms with E-state index in [0.29, 0.717) is 5.56 Å². The van der Waals surface area contributed by atoms with E-state index in [1.807, 2.05) is 41.3 Å². The number of hydrogen-bond acceptors (Lipinski definition) is 7. The minimum atomic E-state index is -2.44. The molecule has 198 valence electrons. The van der Waals surface area contributed by atoms with Crippen LogP contribution in [-0.4, -0.2) is 81.5 Å². The molecule has 0 bridgehead atoms. The van der Waals surface area contributed by atoms with Crippen LogP contribution >= 0.6 is 0 Å². The van der Waals surface area contributed by atoms with Crippen molar-refractivity contribution in [2.75, 3.05) is 26.2 Å². The van der Waals surface area contributed by atoms with Crippen molar-refractivity contribution in [1.82, 2.24) is 9.80 Å². The maximum atomic E-state index is 11.7. The SMILES string of the molecule is C[Si]1(C)c2cc(O)ccc2C2(c3ccccc3C(O)N2CCN(CC(=O)O)CC(=O)O)c2ccc(O)cc21. The number of aliphatic hydroxyl groups is 1. The van der Waals surface area contributed by atoms with Crippen LogP contribution in [0.2, 0.25) is 13.1 Å². The van der Waals surface area contributed by atoms with Gasteiger partial charge in [0.15, 0.2) is 0 Å². The van der Waals surface area contributed by atoms with Gasteiger partial charge in [0.2, 0.25) is 0 Å². The van der Waals surface area contributed by atoms with Crippen LogP contribution in [0.3, 0.4) is 0 Å². The molecule has 1 spiro atoms. The van der Waals surface area contributed by atoms with Gasteiger partial charge in [0.05, 0.1) is 18.6 Å². The molecular weight excluding hydrogens is 504 g/mol. The minimum Gasteiger partial charge on any atom is -0.508 e. The molecule has 0 fully saturated rings. The lowest BCUT2D eigenvalue weighted by Crippen LogP contribution is -2.66. The molecule has 0 saturated carbocycles. The van der Waals surface area contributed by atoms with Crippen molar-refractivity contribution in [3.8, 4) is 11.5 Å². The van der Waals surface area contributed by atoms with Crippen molar-refractivity contribution in [2.45, 2.75) is 24.9 Å². The number of nitrogens with zero attached hydrogens (tertiary/aromatic N) is 2. The van der Waals surface area contributed by atoms with Crippen LogP contribution in [0.4, 0.5) is 0 Å². The molecule has 2 heterocycles. The Morgan fingerprint density at radius 1 is 0.868 bits per heavy atom. The van der Waals surface area contributed by atoms with E-state index in [9.17, 15) is 35.1 Å². The quantitative estimate of drug-likeness (QED) is 0.284. The molecule has 0 saturated heterocycles. The summed E-state index contributed by atoms with van der Waals surface area (Å²) in [5.74, 6) is -2.04. The summed E-state index contributed by atoms with van der Waals surface area (Å²) in [7, 11) is -2.44. The molecule has 0 radical (unpaired) electrons. The molecule has 1 unspecified atom stereocenters. The summed E-state index contributed by atoms with van der Waals surface area (Å²) >= 11 is 0. The first-order chi connectivity index (χ1) is 18.0. The Morgan fingerprint density at radius 3 is 1.92 bits per heavy atom. The molecule has 5 N–H and O–H groups in total. The summed E-state index contributed by atoms with van der Waals surface area (Å²) in [5, 5.41) is 53.3. The molecule has 9 nitrogen and oxygen atoms in total. The average Bonchev–Trinajstić information content (AvgIpc) is 3.09. The zero-order chi connectivity index (χ0) is 27.4. The second kappa shape index (κ2) is 9.24. The van der Waals surface area contributed by atoms with Gasteiger partial charge in [0, 0.05) is 18.7 Å². The highest BCUT2D eigenvalue weighted by Gasteiger charge is 2.58. The van der Waals surface area contributed by atoms with Gasteiger partial charge in [-0.05, 0) is 51.3 Å². The predicted molar refractivity (Wildman–Crippen MR) is 143 cm³/mol. The summed E-state index contributed by atoms with van der Waals surface area (Å²) in [4.78, 5) is 26.1. The highest BCUT2D eigenvalue weighted by Crippen LogP contribution is 2.54. The predicted octanol–water partition coefficient (Wildman–Crippen LogP) is 1.30. The van der Waals surface area contributed by atoms with Gasteiger partial charge in [0.25, 0.3) is 0 Å². The summed E-state index contributed by atoms with van der Waals surface area (Å²) in [5.41, 5.74) is 2.33. The Balaban J connectivity index is 1.76. The van der Waals surface area contributed by atoms with Gasteiger partial charge in [-0.25, -0.2) is 0 Å². The molecule has 10 heteroatoms. The Morgan fingerprint density at radius 2 is 1.39 bits per heavy atom. The number of aliphatic hydroxyl groups excluding tert-OH is 1. The fourth-order valence-electron chi connectivity index (χ4n) is 6.31. The first kappa shape index (κ1) is 25.9. The smallest absolute Gasteiger partial charge is 0.317 e. The third-order valence-electron chi connectivity index (χ3n) is 7.86. The Hall–Kier alpha value is -3.70. The van der Waals surface area contributed by atoms with Crippen LogP contribution in [0.5, 0.6) is 11.5 Å². The van der Waals surface area contributed by atoms with Crippen molar-refractivity contribution < 1.29 is 35.1 Å². The van der Waals surface area contributed by atoms with Gasteiger partial charge in [-0.1, -0.05) is 49.5 Å². The Bertz CT molecular complexity index is 1370. The first-order valence-corrected chi connectivity index (χ1v) is 15.4. The fourth-order valence-corrected chi connectivity index (χ4v) is 9.50. The number of carboxylic acids is 2. The normalized spacial score (nSPS) is 18.7. The molecule has 2 aliphatic heterocycles. The van der Waals surface area contributed by atoms with E-state index in [4.69, 9.17) is 0 Å². The van der Waals surface area contributed by atoms with Crippen LogP contribution in [0.25, 0.3) is 0 Å². The van der Waals surface area contributed by atoms with Crippen molar-refractivity contribution in [2.24, 2.45) is 0 Å². The number of carboxylic acid groups (broad SMARTS) is 2. The van der Waals surface area contributed by atoms with Crippen LogP contribution < -0.4 is 10.4 Å². The number of phenols is 2. The highest BCUT2D eigenvalue weighted by molar-refractivity contribution is 7.01. The summed E-state index contributed by atoms with van der Waals surface area (Å²) < 4.78 is 0. The van der Waals surface area contributed by atoms with Crippen molar-refractivity contribution in [1.29, 1.82) is 0 Å². The Labute approximate surface area is 220 Å². The number of hydrogen-bond donors (Lipinski definition) is 5. The number of carbonyl (C=O) groups is 2. The Kier molecular flexibility index (Phi) is 6.31. The van der Waals surface area contributed by atoms with E-state index in [0.717, 1.165) is 27.1 Å². The second-order valence-corrected chi connectivity index (χ2v) is 14.8. The lowest BCUT2D eigenvalue weighted by Gasteiger charge is -2.50. The topological polar surface area (TPSA) is 142 Å². The van der Waals surface area contributed by atoms with Crippen LogP contribution in [-0.2, 0) is 15.1 Å². The maximum absolute atomic E-state index is 11.7. The average molecular weight is 535 g/mol. The van der Waals surface area contributed by atoms with Crippen molar-refractivity contribution >= 4 is 30.4 Å². The van der Waals surface area contributed by atoms with Gasteiger partial charge < -0.3 is 25.5 Å². The van der Waals surface area contributed by atoms with Crippen LogP contribution in [0, 0.1) is 0 Å². The van der Waals surface area contributed by atoms with Crippen molar-refractivity contribution in [3.63, 3.8) is 0 Å². The molecule has 3 aromatic rings. The fraction of sp³-hybridized carbons (Fsp3) is 0.286. The van der Waals surface area contributed by atoms with Crippen LogP contribution in [0.1, 0.15) is 28.5 Å². The van der Waals surface area contributed by atoms with E-state index >= 15 is 0 Å². The van der Waals surface area contributed by atoms with E-state index in [2.05, 4.69) is 13.1 Å². The number of rotatable bonds is 7. The van der Waals surface area contributed by atoms with E-state index in [1.54, 1.807) is 24.3 Å². The molecule has 0 aromatic heterocycles. The summed E-state index contributed by atoms with van der Waals surface area (Å²) in [6.45, 7) is 3.63. The molecule has 2 aliphatic rings. The highest BCUT2D eigenvalue weighted by atomic mass is 28.3. The third kappa shape index (κ3) is 3.88. The van der Waals surface area contributed by atoms with Gasteiger partial charge >= 0.3 is 11.9 Å². The van der Waals surface area contributed by atoms with Crippen LogP contribution in [0.15, 0.2) is 60.7 Å². The number of benzene rings is 3. The maximum Gasteiger partial charge on any atom is 0.317 e. The number of aromatic hydroxyl groups is 2. The monoisotopic (exact) mass is 534 g/mol. The zero-order valence-corrected chi connectivity index (χ0v) is 22.1.